The molecule has 0 amide bonds. The van der Waals surface area contributed by atoms with Gasteiger partial charge < -0.3 is 0 Å². The highest BCUT2D eigenvalue weighted by Crippen LogP contribution is 2.25. The number of hydrogen-bond acceptors (Lipinski definition) is 3. The molecule has 0 aliphatic carbocycles. The van der Waals surface area contributed by atoms with E-state index in [2.05, 4.69) is 56.5 Å². The van der Waals surface area contributed by atoms with Gasteiger partial charge in [-0.15, -0.1) is 0 Å². The Hall–Kier alpha value is -3.91. The second-order valence-electron chi connectivity index (χ2n) is 7.05. The molecule has 0 radical (unpaired) electrons. The molecule has 29 heavy (non-hydrogen) atoms. The van der Waals surface area contributed by atoms with Gasteiger partial charge in [0, 0.05) is 11.6 Å². The highest BCUT2D eigenvalue weighted by molar-refractivity contribution is 5.69. The summed E-state index contributed by atoms with van der Waals surface area (Å²) in [6.07, 6.45) is 2.04. The van der Waals surface area contributed by atoms with Gasteiger partial charge in [0.2, 0.25) is 0 Å². The van der Waals surface area contributed by atoms with Crippen LogP contribution in [0.3, 0.4) is 0 Å². The number of nitriles is 1. The highest BCUT2D eigenvalue weighted by atomic mass is 15.1. The third-order valence-corrected chi connectivity index (χ3v) is 4.98. The second-order valence-corrected chi connectivity index (χ2v) is 7.05. The summed E-state index contributed by atoms with van der Waals surface area (Å²) >= 11 is 0. The first-order valence-electron chi connectivity index (χ1n) is 9.48. The number of rotatable bonds is 5. The van der Waals surface area contributed by atoms with Crippen LogP contribution in [0, 0.1) is 18.3 Å². The Labute approximate surface area is 170 Å². The molecule has 5 heteroatoms. The van der Waals surface area contributed by atoms with Crippen molar-refractivity contribution >= 4 is 5.82 Å². The Bertz CT molecular complexity index is 1190. The van der Waals surface area contributed by atoms with Gasteiger partial charge in [-0.25, -0.2) is 4.57 Å². The van der Waals surface area contributed by atoms with Gasteiger partial charge in [-0.1, -0.05) is 36.4 Å². The normalized spacial score (nSPS) is 10.5. The van der Waals surface area contributed by atoms with Crippen molar-refractivity contribution < 1.29 is 4.57 Å². The molecule has 0 aliphatic heterocycles. The van der Waals surface area contributed by atoms with Crippen molar-refractivity contribution in [3.8, 4) is 28.5 Å². The number of pyridine rings is 1. The minimum atomic E-state index is 0.642. The Morgan fingerprint density at radius 1 is 1.03 bits per heavy atom. The van der Waals surface area contributed by atoms with Gasteiger partial charge in [0.05, 0.1) is 36.3 Å². The number of aromatic amines is 1. The van der Waals surface area contributed by atoms with Gasteiger partial charge in [0.25, 0.3) is 5.82 Å². The van der Waals surface area contributed by atoms with Crippen LogP contribution in [-0.2, 0) is 13.6 Å². The Kier molecular flexibility index (Phi) is 5.08. The second kappa shape index (κ2) is 7.99. The van der Waals surface area contributed by atoms with E-state index in [0.29, 0.717) is 12.1 Å². The molecular formula is C24H22N5+. The van der Waals surface area contributed by atoms with Crippen LogP contribution in [0.2, 0.25) is 0 Å². The lowest BCUT2D eigenvalue weighted by atomic mass is 9.99. The molecule has 2 aromatic carbocycles. The van der Waals surface area contributed by atoms with Crippen molar-refractivity contribution in [1.29, 1.82) is 5.26 Å². The molecular weight excluding hydrogens is 358 g/mol. The van der Waals surface area contributed by atoms with Crippen LogP contribution in [0.15, 0.2) is 72.9 Å². The summed E-state index contributed by atoms with van der Waals surface area (Å²) in [6.45, 7) is 2.68. The summed E-state index contributed by atoms with van der Waals surface area (Å²) < 4.78 is 2.05. The molecule has 0 fully saturated rings. The molecule has 0 bridgehead atoms. The average molecular weight is 380 g/mol. The summed E-state index contributed by atoms with van der Waals surface area (Å²) in [4.78, 5) is 0. The SMILES string of the molecule is Cc1cc(C#N)ccc1-c1cc[n+](C)c(NCc2cc(-c3ccccc3)n[nH]2)c1. The van der Waals surface area contributed by atoms with Gasteiger partial charge in [-0.05, 0) is 47.9 Å². The lowest BCUT2D eigenvalue weighted by Crippen LogP contribution is -2.31. The summed E-state index contributed by atoms with van der Waals surface area (Å²) in [5, 5.41) is 20.1. The van der Waals surface area contributed by atoms with Crippen LogP contribution in [0.25, 0.3) is 22.4 Å². The topological polar surface area (TPSA) is 68.4 Å². The number of benzene rings is 2. The summed E-state index contributed by atoms with van der Waals surface area (Å²) in [6, 6.07) is 24.4. The molecule has 0 spiro atoms. The maximum absolute atomic E-state index is 9.09. The van der Waals surface area contributed by atoms with E-state index < -0.39 is 0 Å². The van der Waals surface area contributed by atoms with Crippen molar-refractivity contribution in [2.24, 2.45) is 7.05 Å². The van der Waals surface area contributed by atoms with E-state index in [1.165, 1.54) is 0 Å². The summed E-state index contributed by atoms with van der Waals surface area (Å²) in [7, 11) is 2.01. The van der Waals surface area contributed by atoms with Crippen LogP contribution < -0.4 is 9.88 Å². The lowest BCUT2D eigenvalue weighted by molar-refractivity contribution is -0.657. The standard InChI is InChI=1S/C24H21N5/c1-17-12-18(15-25)8-9-22(17)20-10-11-29(2)24(13-20)26-16-21-14-23(28-27-21)19-6-4-3-5-7-19/h3-14H,16H2,1-2H3,(H,27,28)/p+1. The third kappa shape index (κ3) is 4.02. The number of nitrogens with zero attached hydrogens (tertiary/aromatic N) is 3. The summed E-state index contributed by atoms with van der Waals surface area (Å²) in [5.74, 6) is 1.00. The van der Waals surface area contributed by atoms with Crippen LogP contribution in [-0.4, -0.2) is 10.2 Å². The molecule has 0 saturated heterocycles. The Morgan fingerprint density at radius 3 is 2.62 bits per heavy atom. The summed E-state index contributed by atoms with van der Waals surface area (Å²) in [5.41, 5.74) is 7.06. The van der Waals surface area contributed by atoms with E-state index in [1.54, 1.807) is 0 Å². The molecule has 0 saturated carbocycles. The number of nitrogens with one attached hydrogen (secondary N) is 2. The molecule has 5 nitrogen and oxygen atoms in total. The quantitative estimate of drug-likeness (QED) is 0.506. The molecule has 4 rings (SSSR count). The monoisotopic (exact) mass is 380 g/mol. The van der Waals surface area contributed by atoms with E-state index in [4.69, 9.17) is 5.26 Å². The van der Waals surface area contributed by atoms with Gasteiger partial charge in [0.15, 0.2) is 0 Å². The number of aromatic nitrogens is 3. The molecule has 4 aromatic rings. The minimum absolute atomic E-state index is 0.642. The molecule has 2 aromatic heterocycles. The van der Waals surface area contributed by atoms with Crippen molar-refractivity contribution in [2.75, 3.05) is 5.32 Å². The van der Waals surface area contributed by atoms with E-state index >= 15 is 0 Å². The number of aryl methyl sites for hydroxylation is 2. The molecule has 0 unspecified atom stereocenters. The maximum atomic E-state index is 9.09. The van der Waals surface area contributed by atoms with Crippen LogP contribution >= 0.6 is 0 Å². The number of hydrogen-bond donors (Lipinski definition) is 2. The van der Waals surface area contributed by atoms with Crippen LogP contribution in [0.1, 0.15) is 16.8 Å². The molecule has 2 heterocycles. The van der Waals surface area contributed by atoms with Crippen LogP contribution in [0.4, 0.5) is 5.82 Å². The van der Waals surface area contributed by atoms with Gasteiger partial charge in [-0.3, -0.25) is 10.4 Å². The molecule has 0 atom stereocenters. The largest absolute Gasteiger partial charge is 0.278 e. The molecule has 0 aliphatic rings. The van der Waals surface area contributed by atoms with Gasteiger partial charge in [-0.2, -0.15) is 10.4 Å². The zero-order chi connectivity index (χ0) is 20.2. The first-order chi connectivity index (χ1) is 14.1. The van der Waals surface area contributed by atoms with Crippen molar-refractivity contribution in [1.82, 2.24) is 10.2 Å². The fourth-order valence-corrected chi connectivity index (χ4v) is 3.36. The predicted octanol–water partition coefficient (Wildman–Crippen LogP) is 4.36. The highest BCUT2D eigenvalue weighted by Gasteiger charge is 2.12. The fourth-order valence-electron chi connectivity index (χ4n) is 3.36. The molecule has 2 N–H and O–H groups in total. The maximum Gasteiger partial charge on any atom is 0.275 e. The van der Waals surface area contributed by atoms with E-state index in [9.17, 15) is 0 Å². The van der Waals surface area contributed by atoms with Crippen LogP contribution in [0.5, 0.6) is 0 Å². The molecule has 142 valence electrons. The first kappa shape index (κ1) is 18.5. The van der Waals surface area contributed by atoms with Crippen molar-refractivity contribution in [2.45, 2.75) is 13.5 Å². The Balaban J connectivity index is 1.53. The van der Waals surface area contributed by atoms with Crippen molar-refractivity contribution in [3.05, 3.63) is 89.7 Å². The van der Waals surface area contributed by atoms with E-state index in [-0.39, 0.29) is 0 Å². The first-order valence-corrected chi connectivity index (χ1v) is 9.48. The smallest absolute Gasteiger partial charge is 0.275 e. The minimum Gasteiger partial charge on any atom is -0.278 e. The average Bonchev–Trinajstić information content (AvgIpc) is 3.23. The van der Waals surface area contributed by atoms with E-state index in [1.807, 2.05) is 56.6 Å². The Morgan fingerprint density at radius 2 is 1.86 bits per heavy atom. The van der Waals surface area contributed by atoms with E-state index in [0.717, 1.165) is 39.5 Å². The predicted molar refractivity (Wildman–Crippen MR) is 114 cm³/mol. The van der Waals surface area contributed by atoms with Gasteiger partial charge in [0.1, 0.15) is 6.54 Å². The number of H-pyrrole nitrogens is 1. The van der Waals surface area contributed by atoms with Crippen molar-refractivity contribution in [3.63, 3.8) is 0 Å². The zero-order valence-corrected chi connectivity index (χ0v) is 16.5. The fraction of sp³-hybridized carbons (Fsp3) is 0.125. The zero-order valence-electron chi connectivity index (χ0n) is 16.5. The third-order valence-electron chi connectivity index (χ3n) is 4.98. The number of anilines is 1. The lowest BCUT2D eigenvalue weighted by Gasteiger charge is -2.09. The van der Waals surface area contributed by atoms with Gasteiger partial charge >= 0.3 is 0 Å².